The van der Waals surface area contributed by atoms with E-state index in [2.05, 4.69) is 15.9 Å². The van der Waals surface area contributed by atoms with Gasteiger partial charge >= 0.3 is 12.1 Å². The van der Waals surface area contributed by atoms with Crippen LogP contribution in [0.5, 0.6) is 11.5 Å². The molecule has 0 spiro atoms. The molecule has 1 aliphatic rings. The third-order valence-electron chi connectivity index (χ3n) is 5.00. The Hall–Kier alpha value is -3.01. The van der Waals surface area contributed by atoms with Gasteiger partial charge in [-0.15, -0.1) is 0 Å². The van der Waals surface area contributed by atoms with Gasteiger partial charge in [0, 0.05) is 4.47 Å². The number of nitrogens with zero attached hydrogens (tertiary/aromatic N) is 1. The molecule has 1 aromatic heterocycles. The van der Waals surface area contributed by atoms with Crippen LogP contribution in [-0.4, -0.2) is 22.2 Å². The number of rotatable bonds is 3. The van der Waals surface area contributed by atoms with E-state index in [-0.39, 0.29) is 29.8 Å². The number of carbonyl (C=O) groups excluding carboxylic acids is 1. The quantitative estimate of drug-likeness (QED) is 0.526. The minimum atomic E-state index is -4.47. The van der Waals surface area contributed by atoms with Crippen LogP contribution in [-0.2, 0) is 17.5 Å². The third kappa shape index (κ3) is 3.54. The number of carbonyl (C=O) groups is 1. The Kier molecular flexibility index (Phi) is 5.20. The standard InChI is InChI=1S/C21H15BrF3NO5/c1-2-30-20(29)16-18(27)15-12(22)7-8-13-17(15)26(19(16)28)9-14(31-13)10-3-5-11(6-4-10)21(23,24)25/h3-8,14,27H,2,9H2,1H3. The van der Waals surface area contributed by atoms with Crippen LogP contribution >= 0.6 is 15.9 Å². The van der Waals surface area contributed by atoms with E-state index in [0.717, 1.165) is 12.1 Å². The fraction of sp³-hybridized carbons (Fsp3) is 0.238. The van der Waals surface area contributed by atoms with Gasteiger partial charge in [0.15, 0.2) is 5.56 Å². The van der Waals surface area contributed by atoms with Crippen molar-refractivity contribution in [3.63, 3.8) is 0 Å². The van der Waals surface area contributed by atoms with Crippen LogP contribution in [0.3, 0.4) is 0 Å². The molecule has 6 nitrogen and oxygen atoms in total. The van der Waals surface area contributed by atoms with Gasteiger partial charge in [-0.1, -0.05) is 12.1 Å². The summed E-state index contributed by atoms with van der Waals surface area (Å²) in [6, 6.07) is 7.60. The average molecular weight is 498 g/mol. The maximum absolute atomic E-state index is 13.1. The summed E-state index contributed by atoms with van der Waals surface area (Å²) >= 11 is 3.31. The number of ether oxygens (including phenoxy) is 2. The van der Waals surface area contributed by atoms with E-state index >= 15 is 0 Å². The lowest BCUT2D eigenvalue weighted by molar-refractivity contribution is -0.137. The number of aromatic hydroxyl groups is 1. The van der Waals surface area contributed by atoms with Gasteiger partial charge in [0.05, 0.1) is 29.6 Å². The second kappa shape index (κ2) is 7.60. The number of hydrogen-bond acceptors (Lipinski definition) is 5. The SMILES string of the molecule is CCOC(=O)c1c(O)c2c(Br)ccc3c2n(c1=O)CC(c1ccc(C(F)(F)F)cc1)O3. The molecule has 2 aromatic carbocycles. The van der Waals surface area contributed by atoms with Gasteiger partial charge in [-0.3, -0.25) is 9.36 Å². The highest BCUT2D eigenvalue weighted by molar-refractivity contribution is 9.10. The number of esters is 1. The normalized spacial score (nSPS) is 15.6. The molecule has 0 bridgehead atoms. The van der Waals surface area contributed by atoms with Crippen molar-refractivity contribution in [1.29, 1.82) is 0 Å². The summed E-state index contributed by atoms with van der Waals surface area (Å²) in [5.74, 6) is -1.25. The van der Waals surface area contributed by atoms with E-state index < -0.39 is 40.7 Å². The number of aromatic nitrogens is 1. The van der Waals surface area contributed by atoms with Crippen molar-refractivity contribution in [2.24, 2.45) is 0 Å². The first-order valence-corrected chi connectivity index (χ1v) is 10.0. The Morgan fingerprint density at radius 2 is 1.94 bits per heavy atom. The lowest BCUT2D eigenvalue weighted by atomic mass is 10.0. The predicted octanol–water partition coefficient (Wildman–Crippen LogP) is 4.80. The molecule has 1 N–H and O–H groups in total. The van der Waals surface area contributed by atoms with Gasteiger partial charge in [-0.2, -0.15) is 13.2 Å². The van der Waals surface area contributed by atoms with Crippen LogP contribution in [0.4, 0.5) is 13.2 Å². The Morgan fingerprint density at radius 3 is 2.55 bits per heavy atom. The minimum absolute atomic E-state index is 0.00818. The van der Waals surface area contributed by atoms with Crippen molar-refractivity contribution in [1.82, 2.24) is 4.57 Å². The van der Waals surface area contributed by atoms with Crippen LogP contribution in [0.2, 0.25) is 0 Å². The molecule has 0 fully saturated rings. The molecule has 0 aliphatic carbocycles. The van der Waals surface area contributed by atoms with E-state index in [1.165, 1.54) is 16.7 Å². The van der Waals surface area contributed by atoms with E-state index in [1.807, 2.05) is 0 Å². The zero-order chi connectivity index (χ0) is 22.5. The van der Waals surface area contributed by atoms with Crippen LogP contribution in [0, 0.1) is 0 Å². The fourth-order valence-electron chi connectivity index (χ4n) is 3.58. The zero-order valence-electron chi connectivity index (χ0n) is 16.0. The van der Waals surface area contributed by atoms with Crippen molar-refractivity contribution < 1.29 is 32.5 Å². The first-order chi connectivity index (χ1) is 14.6. The van der Waals surface area contributed by atoms with Crippen molar-refractivity contribution in [3.8, 4) is 11.5 Å². The van der Waals surface area contributed by atoms with Crippen LogP contribution < -0.4 is 10.3 Å². The molecule has 31 heavy (non-hydrogen) atoms. The first-order valence-electron chi connectivity index (χ1n) is 9.22. The van der Waals surface area contributed by atoms with E-state index in [9.17, 15) is 27.9 Å². The molecule has 3 aromatic rings. The van der Waals surface area contributed by atoms with E-state index in [1.54, 1.807) is 19.1 Å². The molecule has 2 heterocycles. The van der Waals surface area contributed by atoms with Crippen LogP contribution in [0.1, 0.15) is 34.5 Å². The lowest BCUT2D eigenvalue weighted by Crippen LogP contribution is -2.33. The highest BCUT2D eigenvalue weighted by Gasteiger charge is 2.33. The summed E-state index contributed by atoms with van der Waals surface area (Å²) in [5, 5.41) is 10.9. The summed E-state index contributed by atoms with van der Waals surface area (Å²) in [7, 11) is 0. The lowest BCUT2D eigenvalue weighted by Gasteiger charge is -2.29. The molecule has 1 atom stereocenters. The minimum Gasteiger partial charge on any atom is -0.506 e. The molecule has 162 valence electrons. The second-order valence-corrected chi connectivity index (χ2v) is 7.71. The highest BCUT2D eigenvalue weighted by atomic mass is 79.9. The maximum Gasteiger partial charge on any atom is 0.416 e. The maximum atomic E-state index is 13.1. The van der Waals surface area contributed by atoms with Gasteiger partial charge in [0.2, 0.25) is 0 Å². The van der Waals surface area contributed by atoms with Gasteiger partial charge in [0.25, 0.3) is 5.56 Å². The molecule has 1 unspecified atom stereocenters. The van der Waals surface area contributed by atoms with Gasteiger partial charge in [-0.25, -0.2) is 4.79 Å². The summed E-state index contributed by atoms with van der Waals surface area (Å²) < 4.78 is 51.2. The summed E-state index contributed by atoms with van der Waals surface area (Å²) in [4.78, 5) is 25.4. The van der Waals surface area contributed by atoms with Crippen molar-refractivity contribution in [3.05, 3.63) is 67.9 Å². The summed E-state index contributed by atoms with van der Waals surface area (Å²) in [6.45, 7) is 1.51. The van der Waals surface area contributed by atoms with E-state index in [0.29, 0.717) is 10.0 Å². The monoisotopic (exact) mass is 497 g/mol. The molecular weight excluding hydrogens is 483 g/mol. The number of pyridine rings is 1. The largest absolute Gasteiger partial charge is 0.506 e. The van der Waals surface area contributed by atoms with Gasteiger partial charge in [-0.05, 0) is 52.7 Å². The molecule has 0 saturated heterocycles. The Bertz CT molecular complexity index is 1250. The van der Waals surface area contributed by atoms with Crippen LogP contribution in [0.15, 0.2) is 45.7 Å². The van der Waals surface area contributed by atoms with Crippen molar-refractivity contribution >= 4 is 32.8 Å². The van der Waals surface area contributed by atoms with E-state index in [4.69, 9.17) is 9.47 Å². The van der Waals surface area contributed by atoms with Crippen molar-refractivity contribution in [2.45, 2.75) is 25.7 Å². The number of hydrogen-bond donors (Lipinski definition) is 1. The fourth-order valence-corrected chi connectivity index (χ4v) is 4.08. The molecule has 4 rings (SSSR count). The summed E-state index contributed by atoms with van der Waals surface area (Å²) in [6.07, 6.45) is -5.25. The molecular formula is C21H15BrF3NO5. The Labute approximate surface area is 181 Å². The Balaban J connectivity index is 1.87. The molecule has 0 saturated carbocycles. The van der Waals surface area contributed by atoms with Gasteiger partial charge in [0.1, 0.15) is 17.6 Å². The topological polar surface area (TPSA) is 77.8 Å². The highest BCUT2D eigenvalue weighted by Crippen LogP contribution is 2.42. The number of halogens is 4. The molecule has 1 aliphatic heterocycles. The second-order valence-electron chi connectivity index (χ2n) is 6.86. The smallest absolute Gasteiger partial charge is 0.416 e. The average Bonchev–Trinajstić information content (AvgIpc) is 2.72. The Morgan fingerprint density at radius 1 is 1.26 bits per heavy atom. The number of alkyl halides is 3. The van der Waals surface area contributed by atoms with Gasteiger partial charge < -0.3 is 14.6 Å². The first kappa shape index (κ1) is 21.2. The summed E-state index contributed by atoms with van der Waals surface area (Å²) in [5.41, 5.74) is -1.39. The zero-order valence-corrected chi connectivity index (χ0v) is 17.6. The molecule has 0 amide bonds. The third-order valence-corrected chi connectivity index (χ3v) is 5.66. The van der Waals surface area contributed by atoms with Crippen LogP contribution in [0.25, 0.3) is 10.9 Å². The predicted molar refractivity (Wildman–Crippen MR) is 108 cm³/mol. The molecule has 10 heteroatoms. The van der Waals surface area contributed by atoms with Crippen molar-refractivity contribution in [2.75, 3.05) is 6.61 Å². The molecule has 0 radical (unpaired) electrons. The number of benzene rings is 2.